The maximum atomic E-state index is 12.4. The van der Waals surface area contributed by atoms with Crippen LogP contribution >= 0.6 is 11.6 Å². The van der Waals surface area contributed by atoms with E-state index in [1.165, 1.54) is 0 Å². The van der Waals surface area contributed by atoms with Crippen LogP contribution in [-0.2, 0) is 0 Å². The van der Waals surface area contributed by atoms with Gasteiger partial charge in [0.15, 0.2) is 0 Å². The van der Waals surface area contributed by atoms with E-state index < -0.39 is 0 Å². The van der Waals surface area contributed by atoms with Crippen molar-refractivity contribution in [3.05, 3.63) is 76.9 Å². The highest BCUT2D eigenvalue weighted by Crippen LogP contribution is 2.21. The van der Waals surface area contributed by atoms with Crippen molar-refractivity contribution < 1.29 is 4.79 Å². The molecule has 0 radical (unpaired) electrons. The summed E-state index contributed by atoms with van der Waals surface area (Å²) in [6.07, 6.45) is 1.54. The van der Waals surface area contributed by atoms with Crippen LogP contribution in [0.4, 0.5) is 22.9 Å². The summed E-state index contributed by atoms with van der Waals surface area (Å²) in [6, 6.07) is 16.9. The van der Waals surface area contributed by atoms with Crippen molar-refractivity contribution in [3.63, 3.8) is 0 Å². The number of carbonyl (C=O) groups is 1. The highest BCUT2D eigenvalue weighted by molar-refractivity contribution is 6.31. The van der Waals surface area contributed by atoms with Crippen molar-refractivity contribution >= 4 is 40.4 Å². The van der Waals surface area contributed by atoms with Crippen LogP contribution in [0.1, 0.15) is 15.9 Å². The molecule has 0 unspecified atom stereocenters. The largest absolute Gasteiger partial charge is 0.378 e. The van der Waals surface area contributed by atoms with E-state index in [9.17, 15) is 4.79 Å². The Hall–Kier alpha value is -3.05. The molecule has 0 fully saturated rings. The molecule has 3 aromatic rings. The van der Waals surface area contributed by atoms with E-state index in [0.29, 0.717) is 22.1 Å². The lowest BCUT2D eigenvalue weighted by molar-refractivity contribution is 0.102. The lowest BCUT2D eigenvalue weighted by Gasteiger charge is -2.13. The summed E-state index contributed by atoms with van der Waals surface area (Å²) in [4.78, 5) is 18.7. The summed E-state index contributed by atoms with van der Waals surface area (Å²) >= 11 is 6.09. The smallest absolute Gasteiger partial charge is 0.257 e. The second kappa shape index (κ2) is 8.10. The summed E-state index contributed by atoms with van der Waals surface area (Å²) in [7, 11) is 4.00. The quantitative estimate of drug-likeness (QED) is 0.646. The molecule has 0 spiro atoms. The number of carbonyl (C=O) groups excluding carboxylic acids is 1. The number of amides is 1. The first-order valence-corrected chi connectivity index (χ1v) is 8.88. The van der Waals surface area contributed by atoms with Gasteiger partial charge in [0.2, 0.25) is 0 Å². The van der Waals surface area contributed by atoms with Crippen LogP contribution in [0.25, 0.3) is 0 Å². The Bertz CT molecular complexity index is 937. The first-order valence-electron chi connectivity index (χ1n) is 8.50. The molecule has 2 N–H and O–H groups in total. The third-order valence-corrected chi connectivity index (χ3v) is 4.52. The summed E-state index contributed by atoms with van der Waals surface area (Å²) < 4.78 is 0. The minimum absolute atomic E-state index is 0.232. The Morgan fingerprint density at radius 3 is 2.30 bits per heavy atom. The lowest BCUT2D eigenvalue weighted by atomic mass is 10.2. The number of nitrogens with one attached hydrogen (secondary N) is 2. The molecule has 5 nitrogen and oxygen atoms in total. The molecule has 0 saturated heterocycles. The molecule has 0 aliphatic rings. The molecule has 0 aliphatic carbocycles. The Labute approximate surface area is 164 Å². The number of rotatable bonds is 5. The molecule has 1 aromatic heterocycles. The van der Waals surface area contributed by atoms with Gasteiger partial charge in [0, 0.05) is 42.4 Å². The fourth-order valence-corrected chi connectivity index (χ4v) is 2.65. The molecule has 2 aromatic carbocycles. The van der Waals surface area contributed by atoms with Crippen molar-refractivity contribution in [2.45, 2.75) is 6.92 Å². The van der Waals surface area contributed by atoms with Crippen molar-refractivity contribution in [2.75, 3.05) is 29.6 Å². The highest BCUT2D eigenvalue weighted by Gasteiger charge is 2.08. The zero-order chi connectivity index (χ0) is 19.4. The molecule has 1 amide bonds. The van der Waals surface area contributed by atoms with Crippen LogP contribution < -0.4 is 15.5 Å². The summed E-state index contributed by atoms with van der Waals surface area (Å²) in [5, 5.41) is 6.66. The second-order valence-electron chi connectivity index (χ2n) is 6.42. The minimum atomic E-state index is -0.232. The third kappa shape index (κ3) is 4.77. The molecule has 3 rings (SSSR count). The molecule has 27 heavy (non-hydrogen) atoms. The van der Waals surface area contributed by atoms with Gasteiger partial charge in [0.1, 0.15) is 5.82 Å². The zero-order valence-corrected chi connectivity index (χ0v) is 16.2. The lowest BCUT2D eigenvalue weighted by Crippen LogP contribution is -2.12. The predicted molar refractivity (Wildman–Crippen MR) is 112 cm³/mol. The summed E-state index contributed by atoms with van der Waals surface area (Å²) in [5.74, 6) is 0.437. The average Bonchev–Trinajstić information content (AvgIpc) is 2.66. The monoisotopic (exact) mass is 380 g/mol. The van der Waals surface area contributed by atoms with Gasteiger partial charge in [-0.25, -0.2) is 4.98 Å². The number of nitrogens with zero attached hydrogens (tertiary/aromatic N) is 2. The van der Waals surface area contributed by atoms with Crippen molar-refractivity contribution in [1.29, 1.82) is 0 Å². The van der Waals surface area contributed by atoms with Gasteiger partial charge in [0.05, 0.1) is 5.56 Å². The van der Waals surface area contributed by atoms with E-state index in [1.807, 2.05) is 62.3 Å². The highest BCUT2D eigenvalue weighted by atomic mass is 35.5. The van der Waals surface area contributed by atoms with Crippen LogP contribution in [0.3, 0.4) is 0 Å². The van der Waals surface area contributed by atoms with E-state index in [-0.39, 0.29) is 5.91 Å². The maximum absolute atomic E-state index is 12.4. The first kappa shape index (κ1) is 18.7. The molecular weight excluding hydrogens is 360 g/mol. The Morgan fingerprint density at radius 1 is 1.00 bits per heavy atom. The fraction of sp³-hybridized carbons (Fsp3) is 0.143. The van der Waals surface area contributed by atoms with Crippen LogP contribution in [0.5, 0.6) is 0 Å². The molecule has 0 saturated carbocycles. The maximum Gasteiger partial charge on any atom is 0.257 e. The average molecular weight is 381 g/mol. The SMILES string of the molecule is Cc1ccc(NC(=O)c2ccc(Nc3ccc(N(C)C)cc3)nc2)cc1Cl. The van der Waals surface area contributed by atoms with E-state index in [1.54, 1.807) is 24.4 Å². The standard InChI is InChI=1S/C21H21ClN4O/c1-14-4-6-17(12-19(14)22)25-21(27)15-5-11-20(23-13-15)24-16-7-9-18(10-8-16)26(2)3/h4-13H,1-3H3,(H,23,24)(H,25,27). The van der Waals surface area contributed by atoms with Crippen LogP contribution in [-0.4, -0.2) is 25.0 Å². The van der Waals surface area contributed by atoms with Gasteiger partial charge in [-0.3, -0.25) is 4.79 Å². The minimum Gasteiger partial charge on any atom is -0.378 e. The Morgan fingerprint density at radius 2 is 1.70 bits per heavy atom. The van der Waals surface area contributed by atoms with Crippen molar-refractivity contribution in [2.24, 2.45) is 0 Å². The van der Waals surface area contributed by atoms with Gasteiger partial charge in [-0.1, -0.05) is 17.7 Å². The van der Waals surface area contributed by atoms with Gasteiger partial charge in [-0.05, 0) is 61.0 Å². The van der Waals surface area contributed by atoms with Gasteiger partial charge < -0.3 is 15.5 Å². The van der Waals surface area contributed by atoms with Gasteiger partial charge in [0.25, 0.3) is 5.91 Å². The number of halogens is 1. The third-order valence-electron chi connectivity index (χ3n) is 4.11. The molecule has 0 atom stereocenters. The van der Waals surface area contributed by atoms with E-state index in [4.69, 9.17) is 11.6 Å². The van der Waals surface area contributed by atoms with Gasteiger partial charge in [-0.2, -0.15) is 0 Å². The first-order chi connectivity index (χ1) is 12.9. The van der Waals surface area contributed by atoms with Gasteiger partial charge in [-0.15, -0.1) is 0 Å². The molecule has 0 aliphatic heterocycles. The molecular formula is C21H21ClN4O. The second-order valence-corrected chi connectivity index (χ2v) is 6.82. The molecule has 6 heteroatoms. The molecule has 138 valence electrons. The number of aromatic nitrogens is 1. The van der Waals surface area contributed by atoms with Crippen molar-refractivity contribution in [1.82, 2.24) is 4.98 Å². The number of aryl methyl sites for hydroxylation is 1. The number of anilines is 4. The van der Waals surface area contributed by atoms with Crippen LogP contribution in [0.15, 0.2) is 60.8 Å². The molecule has 0 bridgehead atoms. The summed E-state index contributed by atoms with van der Waals surface area (Å²) in [5.41, 5.74) is 4.14. The zero-order valence-electron chi connectivity index (χ0n) is 15.5. The van der Waals surface area contributed by atoms with Gasteiger partial charge >= 0.3 is 0 Å². The topological polar surface area (TPSA) is 57.3 Å². The Balaban J connectivity index is 1.65. The van der Waals surface area contributed by atoms with Crippen LogP contribution in [0.2, 0.25) is 5.02 Å². The Kier molecular flexibility index (Phi) is 5.62. The van der Waals surface area contributed by atoms with E-state index in [2.05, 4.69) is 15.6 Å². The number of hydrogen-bond donors (Lipinski definition) is 2. The fourth-order valence-electron chi connectivity index (χ4n) is 2.47. The number of pyridine rings is 1. The number of benzene rings is 2. The van der Waals surface area contributed by atoms with E-state index in [0.717, 1.165) is 16.9 Å². The normalized spacial score (nSPS) is 10.4. The van der Waals surface area contributed by atoms with E-state index >= 15 is 0 Å². The molecule has 1 heterocycles. The van der Waals surface area contributed by atoms with Crippen LogP contribution in [0, 0.1) is 6.92 Å². The summed E-state index contributed by atoms with van der Waals surface area (Å²) in [6.45, 7) is 1.91. The predicted octanol–water partition coefficient (Wildman–Crippen LogP) is 5.11. The van der Waals surface area contributed by atoms with Crippen molar-refractivity contribution in [3.8, 4) is 0 Å². The number of hydrogen-bond acceptors (Lipinski definition) is 4.